The van der Waals surface area contributed by atoms with Crippen LogP contribution in [0.1, 0.15) is 71.9 Å². The van der Waals surface area contributed by atoms with Crippen molar-refractivity contribution in [1.29, 1.82) is 0 Å². The Labute approximate surface area is 457 Å². The summed E-state index contributed by atoms with van der Waals surface area (Å²) in [7, 11) is 3.75. The summed E-state index contributed by atoms with van der Waals surface area (Å²) in [6.45, 7) is 5.78. The first-order chi connectivity index (χ1) is 37.5. The molecule has 8 aliphatic heterocycles. The van der Waals surface area contributed by atoms with E-state index in [9.17, 15) is 29.1 Å². The first kappa shape index (κ1) is 52.2. The fraction of sp³-hybridized carbons (Fsp3) is 0.400. The van der Waals surface area contributed by atoms with Crippen molar-refractivity contribution >= 4 is 49.8 Å². The lowest BCUT2D eigenvalue weighted by atomic mass is 9.88. The molecule has 6 aromatic carbocycles. The fourth-order valence-electron chi connectivity index (χ4n) is 13.7. The van der Waals surface area contributed by atoms with Gasteiger partial charge < -0.3 is 62.6 Å². The molecule has 4 N–H and O–H groups in total. The average molecular weight is 1100 g/mol. The van der Waals surface area contributed by atoms with Gasteiger partial charge in [-0.05, 0) is 141 Å². The zero-order valence-electron chi connectivity index (χ0n) is 45.5. The molecule has 0 aromatic heterocycles. The number of rotatable bonds is 1. The molecular weight excluding hydrogens is 1030 g/mol. The predicted molar refractivity (Wildman–Crippen MR) is 307 cm³/mol. The summed E-state index contributed by atoms with van der Waals surface area (Å²) in [4.78, 5) is 35.1. The molecule has 78 heavy (non-hydrogen) atoms. The minimum absolute atomic E-state index is 0.241. The van der Waals surface area contributed by atoms with Crippen LogP contribution in [0, 0.1) is 0 Å². The molecule has 16 nitrogen and oxygen atoms in total. The van der Waals surface area contributed by atoms with Gasteiger partial charge >= 0.3 is 15.6 Å². The van der Waals surface area contributed by atoms with Gasteiger partial charge in [0.25, 0.3) is 0 Å². The van der Waals surface area contributed by atoms with Crippen molar-refractivity contribution < 1.29 is 52.1 Å². The van der Waals surface area contributed by atoms with Gasteiger partial charge in [0.05, 0.1) is 75.4 Å². The first-order valence-electron chi connectivity index (χ1n) is 27.6. The first-order valence-corrected chi connectivity index (χ1v) is 30.6. The van der Waals surface area contributed by atoms with Crippen LogP contribution in [0.2, 0.25) is 0 Å². The van der Waals surface area contributed by atoms with Crippen molar-refractivity contribution in [2.45, 2.75) is 77.0 Å². The molecule has 0 spiro atoms. The number of phenols is 2. The van der Waals surface area contributed by atoms with Gasteiger partial charge in [-0.25, -0.2) is 9.13 Å². The second kappa shape index (κ2) is 20.3. The molecule has 6 aromatic rings. The van der Waals surface area contributed by atoms with Gasteiger partial charge in [0.1, 0.15) is 40.2 Å². The van der Waals surface area contributed by atoms with Crippen LogP contribution in [0.3, 0.4) is 0 Å². The second-order valence-electron chi connectivity index (χ2n) is 22.3. The van der Waals surface area contributed by atoms with Crippen LogP contribution in [0.25, 0.3) is 33.4 Å². The van der Waals surface area contributed by atoms with E-state index >= 15 is 0 Å². The fourth-order valence-corrected chi connectivity index (χ4v) is 15.3. The molecule has 2 atom stereocenters. The van der Waals surface area contributed by atoms with Crippen molar-refractivity contribution in [3.05, 3.63) is 106 Å². The van der Waals surface area contributed by atoms with Crippen LogP contribution in [0.4, 0.5) is 34.1 Å². The molecule has 0 saturated heterocycles. The molecule has 410 valence electrons. The van der Waals surface area contributed by atoms with E-state index in [1.807, 2.05) is 48.5 Å². The number of anilines is 5. The lowest BCUT2D eigenvalue weighted by molar-refractivity contribution is -0.812. The van der Waals surface area contributed by atoms with E-state index in [4.69, 9.17) is 18.1 Å². The van der Waals surface area contributed by atoms with Crippen molar-refractivity contribution in [2.24, 2.45) is 0 Å². The van der Waals surface area contributed by atoms with Crippen LogP contribution in [-0.2, 0) is 47.7 Å². The van der Waals surface area contributed by atoms with E-state index in [2.05, 4.69) is 66.8 Å². The van der Waals surface area contributed by atoms with Crippen molar-refractivity contribution in [3.8, 4) is 67.9 Å². The zero-order chi connectivity index (χ0) is 54.4. The molecule has 0 bridgehead atoms. The smallest absolute Gasteiger partial charge is 0.584 e. The minimum Gasteiger partial charge on any atom is -0.736 e. The molecule has 14 rings (SSSR count). The van der Waals surface area contributed by atoms with Crippen LogP contribution >= 0.6 is 15.6 Å². The monoisotopic (exact) mass is 1100 g/mol. The van der Waals surface area contributed by atoms with E-state index in [0.29, 0.717) is 23.0 Å². The third-order valence-electron chi connectivity index (χ3n) is 17.0. The summed E-state index contributed by atoms with van der Waals surface area (Å²) in [6.07, 6.45) is 12.6. The van der Waals surface area contributed by atoms with E-state index in [-0.39, 0.29) is 11.5 Å². The molecule has 0 amide bonds. The number of nitrogens with zero attached hydrogens (tertiary/aromatic N) is 5. The van der Waals surface area contributed by atoms with Gasteiger partial charge in [-0.1, -0.05) is 30.3 Å². The molecule has 0 fully saturated rings. The maximum Gasteiger partial charge on any atom is 0.584 e. The summed E-state index contributed by atoms with van der Waals surface area (Å²) in [5.74, 6) is 2.06. The normalized spacial score (nSPS) is 20.9. The van der Waals surface area contributed by atoms with Gasteiger partial charge in [-0.15, -0.1) is 0 Å². The molecule has 2 unspecified atom stereocenters. The quantitative estimate of drug-likeness (QED) is 0.115. The summed E-state index contributed by atoms with van der Waals surface area (Å²) in [5, 5.41) is 21.4. The maximum absolute atomic E-state index is 12.6. The van der Waals surface area contributed by atoms with Crippen LogP contribution in [-0.4, -0.2) is 96.7 Å². The Morgan fingerprint density at radius 3 is 1.10 bits per heavy atom. The topological polar surface area (TPSA) is 175 Å². The number of nitrogens with one attached hydrogen (secondary N) is 1. The highest BCUT2D eigenvalue weighted by molar-refractivity contribution is 7.48. The average Bonchev–Trinajstić information content (AvgIpc) is 3.81. The lowest BCUT2D eigenvalue weighted by Gasteiger charge is -2.34. The van der Waals surface area contributed by atoms with E-state index in [1.54, 1.807) is 24.3 Å². The van der Waals surface area contributed by atoms with E-state index in [1.165, 1.54) is 38.3 Å². The Morgan fingerprint density at radius 2 is 0.718 bits per heavy atom. The SMILES string of the molecule is CN1CCCc2ccc(O)c(-c3c(O)ccc4c3N(C)CCC4)c21.CN1CCCc2ccc3c(c21)-c1c(ccc2c1N(C)CCC2)OP(=O)(O)O3.CN1CCCc2ccc3c(c21)-c1c(ccc2c1[NH+](C)CCC2)OP(=O)([O-])O3. The van der Waals surface area contributed by atoms with E-state index in [0.717, 1.165) is 184 Å². The van der Waals surface area contributed by atoms with Crippen LogP contribution in [0.5, 0.6) is 34.5 Å². The highest BCUT2D eigenvalue weighted by Gasteiger charge is 2.40. The Hall–Kier alpha value is -6.54. The molecule has 0 radical (unpaired) electrons. The van der Waals surface area contributed by atoms with Crippen LogP contribution < -0.4 is 52.4 Å². The number of benzene rings is 6. The maximum atomic E-state index is 12.6. The number of hydrogen-bond acceptors (Lipinski definition) is 14. The predicted octanol–water partition coefficient (Wildman–Crippen LogP) is 9.59. The van der Waals surface area contributed by atoms with Gasteiger partial charge in [-0.3, -0.25) is 4.89 Å². The van der Waals surface area contributed by atoms with Crippen molar-refractivity contribution in [2.75, 3.05) is 106 Å². The summed E-state index contributed by atoms with van der Waals surface area (Å²) in [5.41, 5.74) is 19.0. The number of phosphoric acid groups is 2. The largest absolute Gasteiger partial charge is 0.736 e. The summed E-state index contributed by atoms with van der Waals surface area (Å²) < 4.78 is 46.9. The number of phenolic OH excluding ortho intramolecular Hbond substituents is 2. The van der Waals surface area contributed by atoms with Gasteiger partial charge in [0, 0.05) is 79.9 Å². The molecular formula is C60H70N6O10P2. The second-order valence-corrected chi connectivity index (χ2v) is 24.8. The molecule has 18 heteroatoms. The van der Waals surface area contributed by atoms with Crippen molar-refractivity contribution in [3.63, 3.8) is 0 Å². The molecule has 8 heterocycles. The summed E-state index contributed by atoms with van der Waals surface area (Å²) in [6, 6.07) is 22.8. The molecule has 0 aliphatic carbocycles. The number of phosphoric ester groups is 2. The lowest BCUT2D eigenvalue weighted by Crippen LogP contribution is -3.05. The highest BCUT2D eigenvalue weighted by atomic mass is 31.2. The van der Waals surface area contributed by atoms with E-state index < -0.39 is 15.6 Å². The van der Waals surface area contributed by atoms with Crippen molar-refractivity contribution in [1.82, 2.24) is 0 Å². The minimum atomic E-state index is -4.48. The van der Waals surface area contributed by atoms with Gasteiger partial charge in [-0.2, -0.15) is 0 Å². The zero-order valence-corrected chi connectivity index (χ0v) is 47.3. The highest BCUT2D eigenvalue weighted by Crippen LogP contribution is 2.61. The number of hydrogen-bond donors (Lipinski definition) is 4. The Morgan fingerprint density at radius 1 is 0.423 bits per heavy atom. The van der Waals surface area contributed by atoms with Gasteiger partial charge in [0.15, 0.2) is 0 Å². The number of aryl methyl sites for hydroxylation is 6. The Kier molecular flexibility index (Phi) is 13.6. The third kappa shape index (κ3) is 9.26. The Balaban J connectivity index is 0.000000117. The Bertz CT molecular complexity index is 3120. The van der Waals surface area contributed by atoms with Gasteiger partial charge in [0.2, 0.25) is 0 Å². The van der Waals surface area contributed by atoms with Crippen LogP contribution in [0.15, 0.2) is 72.8 Å². The molecule has 8 aliphatic rings. The number of aromatic hydroxyl groups is 2. The number of quaternary nitrogens is 1. The number of fused-ring (bicyclic) bond motifs is 16. The third-order valence-corrected chi connectivity index (χ3v) is 18.7. The summed E-state index contributed by atoms with van der Waals surface area (Å²) >= 11 is 0. The standard InChI is InChI=1S/2C20H23N2O4P.C20H24N2O2/c2*1-21-11-3-5-13-7-9-15-17(19(13)21)18-16(26-27(23,24)25-15)10-8-14-6-4-12-22(2)20(14)18;1-21-11-3-5-13-7-9-15(23)17(19(13)21)18-16(24)10-8-14-6-4-12-22(2)20(14)18/h2*7-10H,3-6,11-12H2,1-2H3,(H,23,24);7-10,23-24H,3-6,11-12H2,1-2H3. The molecule has 0 saturated carbocycles.